The Morgan fingerprint density at radius 3 is 2.57 bits per heavy atom. The summed E-state index contributed by atoms with van der Waals surface area (Å²) < 4.78 is 28.6. The van der Waals surface area contributed by atoms with E-state index in [-0.39, 0.29) is 10.6 Å². The van der Waals surface area contributed by atoms with Crippen LogP contribution in [0, 0.1) is 0 Å². The maximum atomic E-state index is 12.4. The second-order valence-electron chi connectivity index (χ2n) is 5.06. The average molecular weight is 441 g/mol. The highest BCUT2D eigenvalue weighted by Gasteiger charge is 2.28. The molecule has 1 fully saturated rings. The van der Waals surface area contributed by atoms with Crippen LogP contribution in [-0.2, 0) is 10.0 Å². The molecule has 0 unspecified atom stereocenters. The van der Waals surface area contributed by atoms with Gasteiger partial charge in [-0.3, -0.25) is 4.90 Å². The first-order valence-corrected chi connectivity index (χ1v) is 9.90. The molecule has 118 valence electrons. The van der Waals surface area contributed by atoms with Crippen LogP contribution >= 0.6 is 31.9 Å². The number of rotatable bonds is 7. The number of nitrogens with two attached hydrogens (primary N) is 1. The summed E-state index contributed by atoms with van der Waals surface area (Å²) in [5.41, 5.74) is 6.06. The number of benzene rings is 1. The van der Waals surface area contributed by atoms with Gasteiger partial charge in [-0.05, 0) is 47.4 Å². The summed E-state index contributed by atoms with van der Waals surface area (Å²) in [6, 6.07) is 3.89. The fourth-order valence-corrected chi connectivity index (χ4v) is 5.38. The topological polar surface area (TPSA) is 75.4 Å². The highest BCUT2D eigenvalue weighted by Crippen LogP contribution is 2.31. The lowest BCUT2D eigenvalue weighted by molar-refractivity contribution is 0.282. The van der Waals surface area contributed by atoms with E-state index in [1.165, 1.54) is 12.8 Å². The van der Waals surface area contributed by atoms with Gasteiger partial charge >= 0.3 is 0 Å². The molecule has 0 aliphatic heterocycles. The van der Waals surface area contributed by atoms with E-state index in [0.29, 0.717) is 23.6 Å². The molecule has 8 heteroatoms. The zero-order valence-corrected chi connectivity index (χ0v) is 15.8. The first-order chi connectivity index (χ1) is 9.85. The third-order valence-electron chi connectivity index (χ3n) is 3.47. The van der Waals surface area contributed by atoms with Crippen LogP contribution in [0.2, 0.25) is 0 Å². The minimum atomic E-state index is -3.62. The second-order valence-corrected chi connectivity index (χ2v) is 8.54. The summed E-state index contributed by atoms with van der Waals surface area (Å²) in [5, 5.41) is 0. The molecule has 21 heavy (non-hydrogen) atoms. The van der Waals surface area contributed by atoms with Crippen molar-refractivity contribution in [1.29, 1.82) is 0 Å². The Kier molecular flexibility index (Phi) is 5.70. The Hall–Kier alpha value is -0.150. The third-order valence-corrected chi connectivity index (χ3v) is 6.39. The van der Waals surface area contributed by atoms with Gasteiger partial charge in [-0.15, -0.1) is 0 Å². The predicted molar refractivity (Wildman–Crippen MR) is 91.7 cm³/mol. The van der Waals surface area contributed by atoms with Crippen LogP contribution in [0.1, 0.15) is 19.8 Å². The molecule has 0 atom stereocenters. The third kappa shape index (κ3) is 4.41. The number of anilines is 1. The number of nitrogen functional groups attached to an aromatic ring is 1. The maximum absolute atomic E-state index is 12.4. The number of sulfonamides is 1. The van der Waals surface area contributed by atoms with Crippen molar-refractivity contribution in [3.05, 3.63) is 21.1 Å². The minimum absolute atomic E-state index is 0.0974. The molecular weight excluding hydrogens is 422 g/mol. The van der Waals surface area contributed by atoms with Crippen molar-refractivity contribution in [1.82, 2.24) is 9.62 Å². The van der Waals surface area contributed by atoms with Crippen molar-refractivity contribution in [3.63, 3.8) is 0 Å². The summed E-state index contributed by atoms with van der Waals surface area (Å²) in [6.45, 7) is 4.13. The molecule has 1 aromatic carbocycles. The van der Waals surface area contributed by atoms with Gasteiger partial charge in [0.05, 0.1) is 5.69 Å². The lowest BCUT2D eigenvalue weighted by Crippen LogP contribution is -2.36. The number of hydrogen-bond donors (Lipinski definition) is 2. The van der Waals surface area contributed by atoms with Gasteiger partial charge in [-0.25, -0.2) is 13.1 Å². The van der Waals surface area contributed by atoms with Gasteiger partial charge in [0.25, 0.3) is 0 Å². The Balaban J connectivity index is 2.05. The van der Waals surface area contributed by atoms with E-state index in [2.05, 4.69) is 48.4 Å². The lowest BCUT2D eigenvalue weighted by Gasteiger charge is -2.20. The summed E-state index contributed by atoms with van der Waals surface area (Å²) in [6.07, 6.45) is 2.43. The van der Waals surface area contributed by atoms with Crippen molar-refractivity contribution in [2.75, 3.05) is 25.4 Å². The molecule has 0 amide bonds. The molecule has 0 aromatic heterocycles. The van der Waals surface area contributed by atoms with E-state index < -0.39 is 10.0 Å². The van der Waals surface area contributed by atoms with Crippen LogP contribution in [0.3, 0.4) is 0 Å². The molecule has 0 saturated heterocycles. The van der Waals surface area contributed by atoms with Crippen LogP contribution in [0.4, 0.5) is 5.69 Å². The van der Waals surface area contributed by atoms with E-state index in [9.17, 15) is 8.42 Å². The zero-order chi connectivity index (χ0) is 15.6. The van der Waals surface area contributed by atoms with Crippen LogP contribution in [-0.4, -0.2) is 39.0 Å². The van der Waals surface area contributed by atoms with E-state index in [4.69, 9.17) is 5.73 Å². The Labute approximate surface area is 142 Å². The van der Waals surface area contributed by atoms with Gasteiger partial charge < -0.3 is 5.73 Å². The van der Waals surface area contributed by atoms with E-state index in [0.717, 1.165) is 11.0 Å². The van der Waals surface area contributed by atoms with Gasteiger partial charge in [0.15, 0.2) is 0 Å². The van der Waals surface area contributed by atoms with Gasteiger partial charge in [-0.2, -0.15) is 0 Å². The fourth-order valence-electron chi connectivity index (χ4n) is 2.30. The van der Waals surface area contributed by atoms with Gasteiger partial charge in [0, 0.05) is 28.1 Å². The van der Waals surface area contributed by atoms with E-state index in [1.807, 2.05) is 0 Å². The summed E-state index contributed by atoms with van der Waals surface area (Å²) in [7, 11) is -3.62. The molecule has 5 nitrogen and oxygen atoms in total. The van der Waals surface area contributed by atoms with Crippen molar-refractivity contribution < 1.29 is 8.42 Å². The largest absolute Gasteiger partial charge is 0.398 e. The van der Waals surface area contributed by atoms with Gasteiger partial charge in [-0.1, -0.05) is 22.9 Å². The fraction of sp³-hybridized carbons (Fsp3) is 0.538. The van der Waals surface area contributed by atoms with Crippen molar-refractivity contribution in [2.24, 2.45) is 0 Å². The predicted octanol–water partition coefficient (Wildman–Crippen LogP) is 2.56. The summed E-state index contributed by atoms with van der Waals surface area (Å²) in [4.78, 5) is 2.39. The molecule has 0 radical (unpaired) electrons. The highest BCUT2D eigenvalue weighted by atomic mass is 79.9. The molecule has 0 bridgehead atoms. The average Bonchev–Trinajstić information content (AvgIpc) is 3.17. The SMILES string of the molecule is CCN(CCNS(=O)(=O)c1c(N)cc(Br)cc1Br)C1CC1. The monoisotopic (exact) mass is 439 g/mol. The van der Waals surface area contributed by atoms with Gasteiger partial charge in [0.2, 0.25) is 10.0 Å². The van der Waals surface area contributed by atoms with Crippen molar-refractivity contribution >= 4 is 47.6 Å². The number of hydrogen-bond acceptors (Lipinski definition) is 4. The van der Waals surface area contributed by atoms with Crippen molar-refractivity contribution in [3.8, 4) is 0 Å². The molecular formula is C13H19Br2N3O2S. The van der Waals surface area contributed by atoms with Crippen molar-refractivity contribution in [2.45, 2.75) is 30.7 Å². The second kappa shape index (κ2) is 6.95. The normalized spacial score (nSPS) is 15.6. The summed E-state index contributed by atoms with van der Waals surface area (Å²) >= 11 is 6.55. The Bertz CT molecular complexity index is 595. The van der Waals surface area contributed by atoms with E-state index >= 15 is 0 Å². The smallest absolute Gasteiger partial charge is 0.243 e. The first-order valence-electron chi connectivity index (χ1n) is 6.83. The standard InChI is InChI=1S/C13H19Br2N3O2S/c1-2-18(10-3-4-10)6-5-17-21(19,20)13-11(15)7-9(14)8-12(13)16/h7-8,10,17H,2-6,16H2,1H3. The number of nitrogens with one attached hydrogen (secondary N) is 1. The molecule has 1 aliphatic carbocycles. The molecule has 1 saturated carbocycles. The molecule has 1 aromatic rings. The first kappa shape index (κ1) is 17.2. The number of halogens is 2. The molecule has 3 N–H and O–H groups in total. The van der Waals surface area contributed by atoms with E-state index in [1.54, 1.807) is 12.1 Å². The van der Waals surface area contributed by atoms with Crippen LogP contribution in [0.15, 0.2) is 26.0 Å². The van der Waals surface area contributed by atoms with Crippen LogP contribution < -0.4 is 10.5 Å². The zero-order valence-electron chi connectivity index (χ0n) is 11.8. The molecule has 2 rings (SSSR count). The molecule has 1 aliphatic rings. The Morgan fingerprint density at radius 1 is 1.38 bits per heavy atom. The van der Waals surface area contributed by atoms with Crippen LogP contribution in [0.5, 0.6) is 0 Å². The minimum Gasteiger partial charge on any atom is -0.398 e. The summed E-state index contributed by atoms with van der Waals surface area (Å²) in [5.74, 6) is 0. The van der Waals surface area contributed by atoms with Gasteiger partial charge in [0.1, 0.15) is 4.90 Å². The number of nitrogens with zero attached hydrogens (tertiary/aromatic N) is 1. The number of likely N-dealkylation sites (N-methyl/N-ethyl adjacent to an activating group) is 1. The van der Waals surface area contributed by atoms with Crippen LogP contribution in [0.25, 0.3) is 0 Å². The lowest BCUT2D eigenvalue weighted by atomic mass is 10.3. The quantitative estimate of drug-likeness (QED) is 0.639. The highest BCUT2D eigenvalue weighted by molar-refractivity contribution is 9.11. The molecule has 0 heterocycles. The Morgan fingerprint density at radius 2 is 2.05 bits per heavy atom. The molecule has 0 spiro atoms. The maximum Gasteiger partial charge on any atom is 0.243 e.